The molecule has 0 radical (unpaired) electrons. The van der Waals surface area contributed by atoms with E-state index in [1.54, 1.807) is 6.33 Å². The van der Waals surface area contributed by atoms with Gasteiger partial charge < -0.3 is 15.2 Å². The number of nitrogens with one attached hydrogen (secondary N) is 2. The molecule has 0 amide bonds. The van der Waals surface area contributed by atoms with Gasteiger partial charge in [0.25, 0.3) is 0 Å². The minimum atomic E-state index is 0.500. The van der Waals surface area contributed by atoms with Crippen LogP contribution in [0.5, 0.6) is 0 Å². The average Bonchev–Trinajstić information content (AvgIpc) is 2.95. The first kappa shape index (κ1) is 16.8. The van der Waals surface area contributed by atoms with E-state index in [1.165, 1.54) is 25.7 Å². The number of rotatable bonds is 5. The molecule has 0 unspecified atom stereocenters. The van der Waals surface area contributed by atoms with Crippen molar-refractivity contribution in [2.24, 2.45) is 10.4 Å². The van der Waals surface area contributed by atoms with E-state index in [9.17, 15) is 0 Å². The Bertz CT molecular complexity index is 481. The Labute approximate surface area is 133 Å². The second kappa shape index (κ2) is 7.61. The van der Waals surface area contributed by atoms with Gasteiger partial charge in [-0.3, -0.25) is 4.99 Å². The molecule has 1 aromatic rings. The fourth-order valence-corrected chi connectivity index (χ4v) is 2.97. The van der Waals surface area contributed by atoms with Crippen LogP contribution >= 0.6 is 0 Å². The van der Waals surface area contributed by atoms with Crippen molar-refractivity contribution < 1.29 is 0 Å². The molecule has 2 rings (SSSR count). The molecule has 0 bridgehead atoms. The van der Waals surface area contributed by atoms with Gasteiger partial charge in [-0.1, -0.05) is 20.8 Å². The van der Waals surface area contributed by atoms with Gasteiger partial charge in [-0.05, 0) is 31.1 Å². The SMILES string of the molecule is CCc1nncn1CCNC(=NC)NC1CCC(C)(C)CC1. The fourth-order valence-electron chi connectivity index (χ4n) is 2.97. The van der Waals surface area contributed by atoms with E-state index in [0.717, 1.165) is 31.3 Å². The summed E-state index contributed by atoms with van der Waals surface area (Å²) in [7, 11) is 1.83. The maximum absolute atomic E-state index is 4.33. The van der Waals surface area contributed by atoms with Crippen LogP contribution in [-0.4, -0.2) is 40.4 Å². The summed E-state index contributed by atoms with van der Waals surface area (Å²) in [6.45, 7) is 8.50. The second-order valence-corrected chi connectivity index (χ2v) is 6.88. The Kier molecular flexibility index (Phi) is 5.80. The summed E-state index contributed by atoms with van der Waals surface area (Å²) in [6.07, 6.45) is 7.70. The summed E-state index contributed by atoms with van der Waals surface area (Å²) in [6, 6.07) is 0.542. The summed E-state index contributed by atoms with van der Waals surface area (Å²) >= 11 is 0. The molecule has 22 heavy (non-hydrogen) atoms. The Morgan fingerprint density at radius 1 is 1.41 bits per heavy atom. The summed E-state index contributed by atoms with van der Waals surface area (Å²) in [5.41, 5.74) is 0.500. The average molecular weight is 306 g/mol. The van der Waals surface area contributed by atoms with Crippen molar-refractivity contribution in [2.45, 2.75) is 65.5 Å². The van der Waals surface area contributed by atoms with Crippen molar-refractivity contribution in [3.63, 3.8) is 0 Å². The number of hydrogen-bond donors (Lipinski definition) is 2. The lowest BCUT2D eigenvalue weighted by molar-refractivity contribution is 0.216. The van der Waals surface area contributed by atoms with Gasteiger partial charge >= 0.3 is 0 Å². The molecule has 1 saturated carbocycles. The number of guanidine groups is 1. The smallest absolute Gasteiger partial charge is 0.191 e. The first-order valence-corrected chi connectivity index (χ1v) is 8.38. The molecule has 2 N–H and O–H groups in total. The van der Waals surface area contributed by atoms with Gasteiger partial charge in [-0.25, -0.2) is 0 Å². The van der Waals surface area contributed by atoms with Crippen LogP contribution in [0.15, 0.2) is 11.3 Å². The van der Waals surface area contributed by atoms with E-state index in [-0.39, 0.29) is 0 Å². The third kappa shape index (κ3) is 4.71. The van der Waals surface area contributed by atoms with Crippen LogP contribution in [-0.2, 0) is 13.0 Å². The first-order chi connectivity index (χ1) is 10.5. The minimum absolute atomic E-state index is 0.500. The lowest BCUT2D eigenvalue weighted by atomic mass is 9.75. The van der Waals surface area contributed by atoms with E-state index < -0.39 is 0 Å². The van der Waals surface area contributed by atoms with Crippen molar-refractivity contribution in [3.8, 4) is 0 Å². The molecule has 1 aliphatic rings. The standard InChI is InChI=1S/C16H30N6/c1-5-14-21-19-12-22(14)11-10-18-15(17-4)20-13-6-8-16(2,3)9-7-13/h12-13H,5-11H2,1-4H3,(H2,17,18,20). The number of aliphatic imine (C=N–C) groups is 1. The molecular weight excluding hydrogens is 276 g/mol. The van der Waals surface area contributed by atoms with Gasteiger partial charge in [0, 0.05) is 32.6 Å². The van der Waals surface area contributed by atoms with Gasteiger partial charge in [0.15, 0.2) is 5.96 Å². The molecule has 1 aliphatic carbocycles. The van der Waals surface area contributed by atoms with Crippen LogP contribution in [0.3, 0.4) is 0 Å². The van der Waals surface area contributed by atoms with Crippen LogP contribution in [0.4, 0.5) is 0 Å². The third-order valence-corrected chi connectivity index (χ3v) is 4.56. The van der Waals surface area contributed by atoms with Gasteiger partial charge in [0.05, 0.1) is 0 Å². The first-order valence-electron chi connectivity index (χ1n) is 8.38. The third-order valence-electron chi connectivity index (χ3n) is 4.56. The van der Waals surface area contributed by atoms with Gasteiger partial charge in [-0.15, -0.1) is 10.2 Å². The lowest BCUT2D eigenvalue weighted by Crippen LogP contribution is -2.46. The Hall–Kier alpha value is -1.59. The topological polar surface area (TPSA) is 67.1 Å². The van der Waals surface area contributed by atoms with Crippen molar-refractivity contribution in [3.05, 3.63) is 12.2 Å². The predicted octanol–water partition coefficient (Wildman–Crippen LogP) is 1.97. The van der Waals surface area contributed by atoms with Crippen LogP contribution in [0, 0.1) is 5.41 Å². The van der Waals surface area contributed by atoms with E-state index in [0.29, 0.717) is 11.5 Å². The van der Waals surface area contributed by atoms with Gasteiger partial charge in [0.1, 0.15) is 12.2 Å². The molecule has 1 fully saturated rings. The van der Waals surface area contributed by atoms with Crippen LogP contribution in [0.2, 0.25) is 0 Å². The highest BCUT2D eigenvalue weighted by molar-refractivity contribution is 5.79. The quantitative estimate of drug-likeness (QED) is 0.645. The number of aryl methyl sites for hydroxylation is 1. The minimum Gasteiger partial charge on any atom is -0.355 e. The lowest BCUT2D eigenvalue weighted by Gasteiger charge is -2.35. The Morgan fingerprint density at radius 2 is 2.14 bits per heavy atom. The van der Waals surface area contributed by atoms with Gasteiger partial charge in [-0.2, -0.15) is 0 Å². The monoisotopic (exact) mass is 306 g/mol. The fraction of sp³-hybridized carbons (Fsp3) is 0.812. The molecular formula is C16H30N6. The molecule has 6 nitrogen and oxygen atoms in total. The molecule has 6 heteroatoms. The summed E-state index contributed by atoms with van der Waals surface area (Å²) < 4.78 is 2.09. The molecule has 124 valence electrons. The normalized spacial score (nSPS) is 19.2. The molecule has 0 aromatic carbocycles. The van der Waals surface area contributed by atoms with Crippen molar-refractivity contribution in [1.82, 2.24) is 25.4 Å². The number of nitrogens with zero attached hydrogens (tertiary/aromatic N) is 4. The van der Waals surface area contributed by atoms with Gasteiger partial charge in [0.2, 0.25) is 0 Å². The zero-order valence-corrected chi connectivity index (χ0v) is 14.4. The highest BCUT2D eigenvalue weighted by Gasteiger charge is 2.27. The van der Waals surface area contributed by atoms with E-state index in [4.69, 9.17) is 0 Å². The number of aromatic nitrogens is 3. The highest BCUT2D eigenvalue weighted by atomic mass is 15.3. The van der Waals surface area contributed by atoms with Crippen molar-refractivity contribution in [2.75, 3.05) is 13.6 Å². The summed E-state index contributed by atoms with van der Waals surface area (Å²) in [5.74, 6) is 1.93. The molecule has 1 heterocycles. The van der Waals surface area contributed by atoms with Crippen LogP contribution in [0.1, 0.15) is 52.3 Å². The molecule has 0 spiro atoms. The summed E-state index contributed by atoms with van der Waals surface area (Å²) in [5, 5.41) is 15.0. The van der Waals surface area contributed by atoms with Crippen molar-refractivity contribution >= 4 is 5.96 Å². The largest absolute Gasteiger partial charge is 0.355 e. The maximum Gasteiger partial charge on any atom is 0.191 e. The Morgan fingerprint density at radius 3 is 2.77 bits per heavy atom. The Balaban J connectivity index is 1.74. The van der Waals surface area contributed by atoms with Crippen molar-refractivity contribution in [1.29, 1.82) is 0 Å². The molecule has 0 atom stereocenters. The number of hydrogen-bond acceptors (Lipinski definition) is 3. The van der Waals surface area contributed by atoms with E-state index >= 15 is 0 Å². The highest BCUT2D eigenvalue weighted by Crippen LogP contribution is 2.34. The van der Waals surface area contributed by atoms with Crippen LogP contribution in [0.25, 0.3) is 0 Å². The second-order valence-electron chi connectivity index (χ2n) is 6.88. The maximum atomic E-state index is 4.33. The van der Waals surface area contributed by atoms with Crippen LogP contribution < -0.4 is 10.6 Å². The van der Waals surface area contributed by atoms with E-state index in [2.05, 4.69) is 51.2 Å². The molecule has 1 aromatic heterocycles. The summed E-state index contributed by atoms with van der Waals surface area (Å²) in [4.78, 5) is 4.33. The zero-order valence-electron chi connectivity index (χ0n) is 14.4. The van der Waals surface area contributed by atoms with E-state index in [1.807, 2.05) is 7.05 Å². The molecule has 0 aliphatic heterocycles. The molecule has 0 saturated heterocycles. The predicted molar refractivity (Wildman–Crippen MR) is 89.9 cm³/mol. The zero-order chi connectivity index (χ0) is 16.0.